The van der Waals surface area contributed by atoms with E-state index in [1.165, 1.54) is 13.1 Å². The number of Topliss-reactive ketones (excluding diaryl/α,β-unsaturated/α-hetero) is 1. The highest BCUT2D eigenvalue weighted by Gasteiger charge is 2.30. The molecular weight excluding hydrogens is 466 g/mol. The monoisotopic (exact) mass is 491 g/mol. The first-order chi connectivity index (χ1) is 15.9. The lowest BCUT2D eigenvalue weighted by atomic mass is 10.1. The van der Waals surface area contributed by atoms with Gasteiger partial charge in [0.1, 0.15) is 17.2 Å². The molecule has 1 aliphatic heterocycles. The number of rotatable bonds is 8. The number of anilines is 1. The van der Waals surface area contributed by atoms with Crippen molar-refractivity contribution in [3.8, 4) is 0 Å². The van der Waals surface area contributed by atoms with Crippen molar-refractivity contribution in [3.05, 3.63) is 56.2 Å². The Labute approximate surface area is 195 Å². The van der Waals surface area contributed by atoms with Crippen molar-refractivity contribution in [1.29, 1.82) is 0 Å². The Kier molecular flexibility index (Phi) is 7.05. The van der Waals surface area contributed by atoms with Crippen LogP contribution in [0.5, 0.6) is 0 Å². The molecule has 3 rings (SSSR count). The van der Waals surface area contributed by atoms with Crippen LogP contribution < -0.4 is 21.7 Å². The van der Waals surface area contributed by atoms with E-state index in [4.69, 9.17) is 10.5 Å². The van der Waals surface area contributed by atoms with Crippen LogP contribution in [0.25, 0.3) is 0 Å². The number of fused-ring (bicyclic) bond motifs is 1. The highest BCUT2D eigenvalue weighted by Crippen LogP contribution is 2.22. The first-order valence-corrected chi connectivity index (χ1v) is 11.9. The number of nitrogens with two attached hydrogens (primary N) is 1. The fraction of sp³-hybridized carbons (Fsp3) is 0.381. The van der Waals surface area contributed by atoms with Crippen LogP contribution in [0.15, 0.2) is 43.7 Å². The molecule has 0 fully saturated rings. The molecule has 34 heavy (non-hydrogen) atoms. The second-order valence-corrected chi connectivity index (χ2v) is 9.73. The number of ketones is 1. The maximum Gasteiger partial charge on any atom is 0.332 e. The third-order valence-corrected chi connectivity index (χ3v) is 6.42. The summed E-state index contributed by atoms with van der Waals surface area (Å²) in [6, 6.07) is 6.29. The van der Waals surface area contributed by atoms with Crippen molar-refractivity contribution in [1.82, 2.24) is 13.9 Å². The average molecular weight is 492 g/mol. The second-order valence-electron chi connectivity index (χ2n) is 8.08. The molecule has 0 saturated carbocycles. The number of hydrogen-bond acceptors (Lipinski definition) is 9. The van der Waals surface area contributed by atoms with Crippen molar-refractivity contribution in [3.63, 3.8) is 0 Å². The largest absolute Gasteiger partial charge is 0.457 e. The number of ether oxygens (including phenoxy) is 1. The molecule has 12 nitrogen and oxygen atoms in total. The van der Waals surface area contributed by atoms with Crippen molar-refractivity contribution in [2.24, 2.45) is 18.0 Å². The molecule has 2 aromatic rings. The summed E-state index contributed by atoms with van der Waals surface area (Å²) < 4.78 is 33.3. The van der Waals surface area contributed by atoms with Crippen LogP contribution in [0.2, 0.25) is 0 Å². The lowest BCUT2D eigenvalue weighted by Crippen LogP contribution is -2.43. The van der Waals surface area contributed by atoms with Gasteiger partial charge < -0.3 is 10.5 Å². The maximum absolute atomic E-state index is 12.6. The predicted molar refractivity (Wildman–Crippen MR) is 123 cm³/mol. The minimum atomic E-state index is -3.69. The summed E-state index contributed by atoms with van der Waals surface area (Å²) in [6.45, 7) is 3.05. The van der Waals surface area contributed by atoms with Crippen molar-refractivity contribution >= 4 is 33.4 Å². The van der Waals surface area contributed by atoms with E-state index in [1.54, 1.807) is 18.2 Å². The lowest BCUT2D eigenvalue weighted by Gasteiger charge is -2.16. The summed E-state index contributed by atoms with van der Waals surface area (Å²) >= 11 is 0. The molecule has 1 aromatic heterocycles. The van der Waals surface area contributed by atoms with Gasteiger partial charge in [0, 0.05) is 19.2 Å². The zero-order valence-electron chi connectivity index (χ0n) is 18.9. The number of benzene rings is 1. The molecule has 0 bridgehead atoms. The van der Waals surface area contributed by atoms with Crippen molar-refractivity contribution in [2.45, 2.75) is 31.7 Å². The molecule has 2 heterocycles. The zero-order valence-corrected chi connectivity index (χ0v) is 19.7. The van der Waals surface area contributed by atoms with E-state index in [1.807, 2.05) is 13.8 Å². The minimum absolute atomic E-state index is 0.0243. The fourth-order valence-corrected chi connectivity index (χ4v) is 4.64. The summed E-state index contributed by atoms with van der Waals surface area (Å²) in [5.74, 6) is -1.76. The number of aliphatic imine (C=N–C) groups is 1. The van der Waals surface area contributed by atoms with Crippen molar-refractivity contribution in [2.75, 3.05) is 18.9 Å². The number of amidine groups is 1. The van der Waals surface area contributed by atoms with Crippen LogP contribution >= 0.6 is 0 Å². The Hall–Kier alpha value is -3.74. The second kappa shape index (κ2) is 9.63. The van der Waals surface area contributed by atoms with Gasteiger partial charge in [-0.3, -0.25) is 33.2 Å². The standard InChI is InChI=1S/C21H25N5O7S/c1-12(2)10-26-18(22)17(20(29)25(3)21(26)30)14(27)11-33-16(28)8-9-23-19-13-6-4-5-7-15(13)34(31,32)24-19/h4-7,12H,8-11,22H2,1-3H3,(H,23,24). The van der Waals surface area contributed by atoms with Gasteiger partial charge in [-0.25, -0.2) is 13.2 Å². The van der Waals surface area contributed by atoms with Gasteiger partial charge >= 0.3 is 11.7 Å². The molecule has 0 atom stereocenters. The van der Waals surface area contributed by atoms with E-state index in [-0.39, 0.29) is 42.0 Å². The van der Waals surface area contributed by atoms with Crippen LogP contribution in [0.4, 0.5) is 5.82 Å². The SMILES string of the molecule is CC(C)Cn1c(N)c(C(=O)COC(=O)CCN=C2NS(=O)(=O)c3ccccc32)c(=O)n(C)c1=O. The highest BCUT2D eigenvalue weighted by molar-refractivity contribution is 7.90. The highest BCUT2D eigenvalue weighted by atomic mass is 32.2. The Morgan fingerprint density at radius 1 is 1.21 bits per heavy atom. The minimum Gasteiger partial charge on any atom is -0.457 e. The molecule has 3 N–H and O–H groups in total. The van der Waals surface area contributed by atoms with Gasteiger partial charge in [0.2, 0.25) is 5.78 Å². The molecule has 0 saturated heterocycles. The van der Waals surface area contributed by atoms with Crippen molar-refractivity contribution < 1.29 is 22.7 Å². The summed E-state index contributed by atoms with van der Waals surface area (Å²) in [5.41, 5.74) is 4.39. The van der Waals surface area contributed by atoms with Gasteiger partial charge in [0.05, 0.1) is 17.9 Å². The number of nitrogens with one attached hydrogen (secondary N) is 1. The first-order valence-electron chi connectivity index (χ1n) is 10.4. The van der Waals surface area contributed by atoms with E-state index < -0.39 is 45.2 Å². The van der Waals surface area contributed by atoms with Gasteiger partial charge in [-0.1, -0.05) is 26.0 Å². The van der Waals surface area contributed by atoms with E-state index in [2.05, 4.69) is 9.71 Å². The van der Waals surface area contributed by atoms with E-state index in [0.717, 1.165) is 9.13 Å². The summed E-state index contributed by atoms with van der Waals surface area (Å²) in [4.78, 5) is 53.6. The first kappa shape index (κ1) is 24.9. The Balaban J connectivity index is 1.66. The third-order valence-electron chi connectivity index (χ3n) is 5.02. The number of hydrogen-bond donors (Lipinski definition) is 2. The Morgan fingerprint density at radius 3 is 2.56 bits per heavy atom. The molecule has 0 aliphatic carbocycles. The van der Waals surface area contributed by atoms with Crippen LogP contribution in [-0.4, -0.2) is 48.3 Å². The lowest BCUT2D eigenvalue weighted by molar-refractivity contribution is -0.142. The number of sulfonamides is 1. The van der Waals surface area contributed by atoms with Crippen LogP contribution in [-0.2, 0) is 33.1 Å². The van der Waals surface area contributed by atoms with Crippen LogP contribution in [0.3, 0.4) is 0 Å². The molecule has 1 aliphatic rings. The summed E-state index contributed by atoms with van der Waals surface area (Å²) in [5, 5.41) is 0. The molecule has 182 valence electrons. The zero-order chi connectivity index (χ0) is 25.2. The summed E-state index contributed by atoms with van der Waals surface area (Å²) in [7, 11) is -2.46. The number of carbonyl (C=O) groups is 2. The molecule has 0 unspecified atom stereocenters. The van der Waals surface area contributed by atoms with Gasteiger partial charge in [-0.05, 0) is 18.1 Å². The van der Waals surface area contributed by atoms with E-state index in [9.17, 15) is 27.6 Å². The number of carbonyl (C=O) groups excluding carboxylic acids is 2. The summed E-state index contributed by atoms with van der Waals surface area (Å²) in [6.07, 6.45) is -0.235. The molecule has 0 radical (unpaired) electrons. The molecule has 0 amide bonds. The Bertz CT molecular complexity index is 1400. The van der Waals surface area contributed by atoms with Crippen LogP contribution in [0, 0.1) is 5.92 Å². The fourth-order valence-electron chi connectivity index (χ4n) is 3.39. The van der Waals surface area contributed by atoms with E-state index in [0.29, 0.717) is 5.56 Å². The molecule has 13 heteroatoms. The number of nitrogens with zero attached hydrogens (tertiary/aromatic N) is 3. The number of nitrogen functional groups attached to an aromatic ring is 1. The average Bonchev–Trinajstić information content (AvgIpc) is 3.04. The topological polar surface area (TPSA) is 172 Å². The molecule has 0 spiro atoms. The molecular formula is C21H25N5O7S. The van der Waals surface area contributed by atoms with Gasteiger partial charge in [-0.2, -0.15) is 0 Å². The molecule has 1 aromatic carbocycles. The van der Waals surface area contributed by atoms with Gasteiger partial charge in [0.15, 0.2) is 6.61 Å². The smallest absolute Gasteiger partial charge is 0.332 e. The quantitative estimate of drug-likeness (QED) is 0.372. The third kappa shape index (κ3) is 4.93. The normalized spacial score (nSPS) is 15.2. The van der Waals surface area contributed by atoms with Gasteiger partial charge in [0.25, 0.3) is 15.6 Å². The predicted octanol–water partition coefficient (Wildman–Crippen LogP) is -0.360. The van der Waals surface area contributed by atoms with E-state index >= 15 is 0 Å². The maximum atomic E-state index is 12.6. The van der Waals surface area contributed by atoms with Crippen LogP contribution in [0.1, 0.15) is 36.2 Å². The number of esters is 1. The van der Waals surface area contributed by atoms with Gasteiger partial charge in [-0.15, -0.1) is 0 Å². The number of aromatic nitrogens is 2. The Morgan fingerprint density at radius 2 is 1.88 bits per heavy atom.